The van der Waals surface area contributed by atoms with Crippen LogP contribution >= 0.6 is 11.3 Å². The number of hydrogen-bond donors (Lipinski definition) is 2. The van der Waals surface area contributed by atoms with E-state index >= 15 is 0 Å². The summed E-state index contributed by atoms with van der Waals surface area (Å²) in [7, 11) is 0. The third kappa shape index (κ3) is 6.52. The molecular formula is C19H22N4O2S. The molecular weight excluding hydrogens is 348 g/mol. The number of carbonyl (C=O) groups excluding carboxylic acids is 1. The van der Waals surface area contributed by atoms with E-state index in [0.717, 1.165) is 16.4 Å². The van der Waals surface area contributed by atoms with Gasteiger partial charge in [-0.3, -0.25) is 4.79 Å². The van der Waals surface area contributed by atoms with E-state index in [1.54, 1.807) is 24.5 Å². The summed E-state index contributed by atoms with van der Waals surface area (Å²) in [5.41, 5.74) is 6.77. The number of nitrogens with zero attached hydrogens (tertiary/aromatic N) is 2. The van der Waals surface area contributed by atoms with Gasteiger partial charge in [-0.15, -0.1) is 11.3 Å². The lowest BCUT2D eigenvalue weighted by Crippen LogP contribution is -2.06. The molecule has 7 heteroatoms. The molecule has 3 rings (SSSR count). The Morgan fingerprint density at radius 3 is 2.58 bits per heavy atom. The number of anilines is 2. The van der Waals surface area contributed by atoms with Crippen LogP contribution in [0.4, 0.5) is 10.9 Å². The molecule has 0 aliphatic heterocycles. The summed E-state index contributed by atoms with van der Waals surface area (Å²) in [5, 5.41) is 6.01. The Bertz CT molecular complexity index is 821. The molecule has 0 radical (unpaired) electrons. The molecule has 2 aromatic heterocycles. The van der Waals surface area contributed by atoms with Crippen LogP contribution in [0.5, 0.6) is 5.75 Å². The first kappa shape index (κ1) is 19.4. The van der Waals surface area contributed by atoms with Crippen LogP contribution in [0, 0.1) is 6.92 Å². The molecule has 0 unspecified atom stereocenters. The Kier molecular flexibility index (Phi) is 7.57. The quantitative estimate of drug-likeness (QED) is 0.683. The molecule has 0 aliphatic carbocycles. The lowest BCUT2D eigenvalue weighted by atomic mass is 10.2. The van der Waals surface area contributed by atoms with Crippen molar-refractivity contribution in [3.63, 3.8) is 0 Å². The number of aryl methyl sites for hydroxylation is 1. The zero-order valence-electron chi connectivity index (χ0n) is 14.8. The van der Waals surface area contributed by atoms with Crippen LogP contribution in [0.15, 0.2) is 54.0 Å². The Morgan fingerprint density at radius 2 is 1.96 bits per heavy atom. The van der Waals surface area contributed by atoms with E-state index < -0.39 is 0 Å². The van der Waals surface area contributed by atoms with Crippen molar-refractivity contribution in [2.45, 2.75) is 26.9 Å². The minimum Gasteiger partial charge on any atom is -0.485 e. The molecule has 2 heterocycles. The van der Waals surface area contributed by atoms with Gasteiger partial charge in [0.15, 0.2) is 16.7 Å². The monoisotopic (exact) mass is 370 g/mol. The van der Waals surface area contributed by atoms with E-state index in [9.17, 15) is 4.79 Å². The molecule has 26 heavy (non-hydrogen) atoms. The number of aromatic nitrogens is 2. The third-order valence-corrected chi connectivity index (χ3v) is 4.08. The van der Waals surface area contributed by atoms with Gasteiger partial charge in [0, 0.05) is 18.0 Å². The average molecular weight is 370 g/mol. The number of nitrogens with one attached hydrogen (secondary N) is 1. The maximum Gasteiger partial charge on any atom is 0.217 e. The van der Waals surface area contributed by atoms with Gasteiger partial charge >= 0.3 is 0 Å². The highest BCUT2D eigenvalue weighted by Crippen LogP contribution is 2.27. The molecule has 1 aromatic carbocycles. The summed E-state index contributed by atoms with van der Waals surface area (Å²) >= 11 is 1.55. The zero-order valence-corrected chi connectivity index (χ0v) is 15.6. The first-order valence-electron chi connectivity index (χ1n) is 8.17. The number of benzene rings is 1. The Labute approximate surface area is 157 Å². The number of amides is 1. The van der Waals surface area contributed by atoms with Gasteiger partial charge < -0.3 is 15.8 Å². The van der Waals surface area contributed by atoms with Gasteiger partial charge in [0.1, 0.15) is 6.61 Å². The van der Waals surface area contributed by atoms with E-state index in [4.69, 9.17) is 4.74 Å². The van der Waals surface area contributed by atoms with E-state index in [0.29, 0.717) is 24.6 Å². The summed E-state index contributed by atoms with van der Waals surface area (Å²) in [6.45, 7) is 4.20. The molecule has 0 saturated heterocycles. The predicted molar refractivity (Wildman–Crippen MR) is 105 cm³/mol. The average Bonchev–Trinajstić information content (AvgIpc) is 3.07. The van der Waals surface area contributed by atoms with Gasteiger partial charge in [-0.25, -0.2) is 9.97 Å². The van der Waals surface area contributed by atoms with E-state index in [-0.39, 0.29) is 5.91 Å². The normalized spacial score (nSPS) is 9.77. The van der Waals surface area contributed by atoms with Gasteiger partial charge in [0.05, 0.1) is 5.69 Å². The summed E-state index contributed by atoms with van der Waals surface area (Å²) < 4.78 is 5.85. The lowest BCUT2D eigenvalue weighted by molar-refractivity contribution is -0.117. The maximum absolute atomic E-state index is 9.59. The van der Waals surface area contributed by atoms with Crippen molar-refractivity contribution in [3.05, 3.63) is 65.3 Å². The Hall–Kier alpha value is -2.93. The predicted octanol–water partition coefficient (Wildman–Crippen LogP) is 4.05. The number of rotatable bonds is 6. The second-order valence-electron chi connectivity index (χ2n) is 5.36. The maximum atomic E-state index is 9.59. The number of nitrogens with two attached hydrogens (primary N) is 1. The highest BCUT2D eigenvalue weighted by Gasteiger charge is 2.07. The SMILES string of the molecule is CCC(N)=O.Cc1csc(Nc2ncccc2OCc2ccccc2)n1. The van der Waals surface area contributed by atoms with Crippen molar-refractivity contribution >= 4 is 28.2 Å². The van der Waals surface area contributed by atoms with Crippen LogP contribution in [-0.2, 0) is 11.4 Å². The second kappa shape index (κ2) is 10.1. The first-order valence-corrected chi connectivity index (χ1v) is 9.05. The zero-order chi connectivity index (χ0) is 18.8. The number of pyridine rings is 1. The van der Waals surface area contributed by atoms with Crippen LogP contribution in [0.1, 0.15) is 24.6 Å². The fourth-order valence-electron chi connectivity index (χ4n) is 1.85. The molecule has 3 aromatic rings. The standard InChI is InChI=1S/C16H15N3OS.C3H7NO/c1-12-11-21-16(18-12)19-15-14(8-5-9-17-15)20-10-13-6-3-2-4-7-13;1-2-3(4)5/h2-9,11H,10H2,1H3,(H,17,18,19);2H2,1H3,(H2,4,5). The number of primary amides is 1. The first-order chi connectivity index (χ1) is 12.6. The molecule has 3 N–H and O–H groups in total. The molecule has 0 aliphatic rings. The van der Waals surface area contributed by atoms with Crippen LogP contribution < -0.4 is 15.8 Å². The van der Waals surface area contributed by atoms with Crippen molar-refractivity contribution in [1.29, 1.82) is 0 Å². The van der Waals surface area contributed by atoms with Crippen LogP contribution in [0.2, 0.25) is 0 Å². The molecule has 1 amide bonds. The Balaban J connectivity index is 0.000000431. The van der Waals surface area contributed by atoms with Crippen molar-refractivity contribution in [3.8, 4) is 5.75 Å². The minimum absolute atomic E-state index is 0.245. The number of ether oxygens (including phenoxy) is 1. The van der Waals surface area contributed by atoms with Gasteiger partial charge in [-0.05, 0) is 24.6 Å². The number of thiazole rings is 1. The summed E-state index contributed by atoms with van der Waals surface area (Å²) in [6.07, 6.45) is 2.18. The summed E-state index contributed by atoms with van der Waals surface area (Å²) in [6, 6.07) is 13.8. The largest absolute Gasteiger partial charge is 0.485 e. The van der Waals surface area contributed by atoms with E-state index in [1.165, 1.54) is 0 Å². The van der Waals surface area contributed by atoms with Crippen LogP contribution in [0.3, 0.4) is 0 Å². The van der Waals surface area contributed by atoms with Crippen molar-refractivity contribution in [2.24, 2.45) is 5.73 Å². The number of carbonyl (C=O) groups is 1. The highest BCUT2D eigenvalue weighted by atomic mass is 32.1. The van der Waals surface area contributed by atoms with Gasteiger partial charge in [-0.2, -0.15) is 0 Å². The fourth-order valence-corrected chi connectivity index (χ4v) is 2.54. The summed E-state index contributed by atoms with van der Waals surface area (Å²) in [5.74, 6) is 1.15. The second-order valence-corrected chi connectivity index (χ2v) is 6.22. The summed E-state index contributed by atoms with van der Waals surface area (Å²) in [4.78, 5) is 18.3. The van der Waals surface area contributed by atoms with Crippen molar-refractivity contribution in [2.75, 3.05) is 5.32 Å². The van der Waals surface area contributed by atoms with Gasteiger partial charge in [0.25, 0.3) is 0 Å². The van der Waals surface area contributed by atoms with Crippen molar-refractivity contribution in [1.82, 2.24) is 9.97 Å². The number of hydrogen-bond acceptors (Lipinski definition) is 6. The van der Waals surface area contributed by atoms with Crippen molar-refractivity contribution < 1.29 is 9.53 Å². The van der Waals surface area contributed by atoms with Gasteiger partial charge in [0.2, 0.25) is 5.91 Å². The van der Waals surface area contributed by atoms with Gasteiger partial charge in [-0.1, -0.05) is 37.3 Å². The lowest BCUT2D eigenvalue weighted by Gasteiger charge is -2.10. The smallest absolute Gasteiger partial charge is 0.217 e. The minimum atomic E-state index is -0.245. The van der Waals surface area contributed by atoms with Crippen LogP contribution in [-0.4, -0.2) is 15.9 Å². The molecule has 0 atom stereocenters. The van der Waals surface area contributed by atoms with Crippen LogP contribution in [0.25, 0.3) is 0 Å². The highest BCUT2D eigenvalue weighted by molar-refractivity contribution is 7.13. The molecule has 0 bridgehead atoms. The Morgan fingerprint density at radius 1 is 1.23 bits per heavy atom. The molecule has 0 saturated carbocycles. The molecule has 6 nitrogen and oxygen atoms in total. The third-order valence-electron chi connectivity index (χ3n) is 3.20. The molecule has 0 spiro atoms. The topological polar surface area (TPSA) is 90.1 Å². The van der Waals surface area contributed by atoms with E-state index in [1.807, 2.05) is 54.8 Å². The van der Waals surface area contributed by atoms with E-state index in [2.05, 4.69) is 21.0 Å². The fraction of sp³-hybridized carbons (Fsp3) is 0.211. The molecule has 0 fully saturated rings. The molecule has 136 valence electrons.